The Morgan fingerprint density at radius 1 is 1.21 bits per heavy atom. The Morgan fingerprint density at radius 2 is 1.93 bits per heavy atom. The molecule has 0 radical (unpaired) electrons. The van der Waals surface area contributed by atoms with Gasteiger partial charge in [-0.25, -0.2) is 0 Å². The van der Waals surface area contributed by atoms with Crippen LogP contribution in [0.15, 0.2) is 0 Å². The van der Waals surface area contributed by atoms with E-state index in [0.717, 1.165) is 25.8 Å². The molecule has 14 heavy (non-hydrogen) atoms. The number of hydrogen-bond donors (Lipinski definition) is 1. The summed E-state index contributed by atoms with van der Waals surface area (Å²) in [5, 5.41) is 2.85. The molecule has 3 nitrogen and oxygen atoms in total. The molecule has 0 heterocycles. The minimum absolute atomic E-state index is 0.150. The van der Waals surface area contributed by atoms with E-state index in [-0.39, 0.29) is 11.7 Å². The zero-order valence-electron chi connectivity index (χ0n) is 9.06. The molecule has 82 valence electrons. The molecule has 0 saturated carbocycles. The average Bonchev–Trinajstić information content (AvgIpc) is 2.11. The van der Waals surface area contributed by atoms with Crippen molar-refractivity contribution >= 4 is 20.3 Å². The molecular formula is C10H20NO2P. The van der Waals surface area contributed by atoms with Crippen LogP contribution < -0.4 is 5.32 Å². The number of nitrogens with one attached hydrogen (secondary N) is 1. The first-order chi connectivity index (χ1) is 6.66. The quantitative estimate of drug-likeness (QED) is 0.495. The minimum Gasteiger partial charge on any atom is -0.356 e. The molecule has 1 N–H and O–H groups in total. The van der Waals surface area contributed by atoms with Crippen LogP contribution in [0.4, 0.5) is 0 Å². The van der Waals surface area contributed by atoms with Gasteiger partial charge in [-0.3, -0.25) is 4.79 Å². The van der Waals surface area contributed by atoms with Crippen LogP contribution in [0.25, 0.3) is 0 Å². The third-order valence-electron chi connectivity index (χ3n) is 1.87. The topological polar surface area (TPSA) is 46.2 Å². The van der Waals surface area contributed by atoms with Gasteiger partial charge in [-0.1, -0.05) is 6.42 Å². The molecule has 4 heteroatoms. The normalized spacial score (nSPS) is 10.7. The van der Waals surface area contributed by atoms with E-state index in [2.05, 4.69) is 5.32 Å². The van der Waals surface area contributed by atoms with Gasteiger partial charge in [0.1, 0.15) is 5.78 Å². The van der Waals surface area contributed by atoms with E-state index in [1.54, 1.807) is 6.92 Å². The largest absolute Gasteiger partial charge is 0.356 e. The fourth-order valence-corrected chi connectivity index (χ4v) is 1.57. The van der Waals surface area contributed by atoms with Crippen molar-refractivity contribution in [3.63, 3.8) is 0 Å². The van der Waals surface area contributed by atoms with Gasteiger partial charge >= 0.3 is 0 Å². The number of ketones is 1. The highest BCUT2D eigenvalue weighted by Crippen LogP contribution is 2.01. The van der Waals surface area contributed by atoms with Crippen LogP contribution in [0.3, 0.4) is 0 Å². The Morgan fingerprint density at radius 3 is 2.50 bits per heavy atom. The first-order valence-electron chi connectivity index (χ1n) is 5.07. The van der Waals surface area contributed by atoms with Crippen LogP contribution in [0, 0.1) is 0 Å². The summed E-state index contributed by atoms with van der Waals surface area (Å²) in [5.74, 6) is 0.401. The lowest BCUT2D eigenvalue weighted by molar-refractivity contribution is -0.119. The zero-order valence-corrected chi connectivity index (χ0v) is 10.1. The fraction of sp³-hybridized carbons (Fsp3) is 0.800. The van der Waals surface area contributed by atoms with Crippen molar-refractivity contribution in [1.29, 1.82) is 0 Å². The van der Waals surface area contributed by atoms with Gasteiger partial charge in [0.25, 0.3) is 0 Å². The van der Waals surface area contributed by atoms with Crippen molar-refractivity contribution in [3.8, 4) is 0 Å². The number of amides is 1. The highest BCUT2D eigenvalue weighted by Gasteiger charge is 1.98. The fourth-order valence-electron chi connectivity index (χ4n) is 1.13. The maximum atomic E-state index is 11.0. The Hall–Kier alpha value is -0.430. The number of unbranched alkanes of at least 4 members (excludes halogenated alkanes) is 2. The molecule has 0 bridgehead atoms. The second-order valence-corrected chi connectivity index (χ2v) is 4.45. The van der Waals surface area contributed by atoms with Gasteiger partial charge in [-0.15, -0.1) is 8.58 Å². The van der Waals surface area contributed by atoms with Gasteiger partial charge in [0.05, 0.1) is 0 Å². The number of carbonyl (C=O) groups excluding carboxylic acids is 2. The second-order valence-electron chi connectivity index (χ2n) is 3.39. The summed E-state index contributed by atoms with van der Waals surface area (Å²) in [4.78, 5) is 21.6. The van der Waals surface area contributed by atoms with E-state index in [1.165, 1.54) is 0 Å². The summed E-state index contributed by atoms with van der Waals surface area (Å²) in [7, 11) is 0.690. The minimum atomic E-state index is 0.150. The predicted octanol–water partition coefficient (Wildman–Crippen LogP) is 1.56. The summed E-state index contributed by atoms with van der Waals surface area (Å²) in [6.07, 6.45) is 4.26. The summed E-state index contributed by atoms with van der Waals surface area (Å²) < 4.78 is 0. The van der Waals surface area contributed by atoms with E-state index in [4.69, 9.17) is 0 Å². The van der Waals surface area contributed by atoms with Crippen LogP contribution in [0.5, 0.6) is 0 Å². The maximum absolute atomic E-state index is 11.0. The highest BCUT2D eigenvalue weighted by atomic mass is 31.1. The highest BCUT2D eigenvalue weighted by molar-refractivity contribution is 7.38. The molecule has 0 rings (SSSR count). The molecule has 0 aromatic rings. The van der Waals surface area contributed by atoms with Crippen LogP contribution in [-0.2, 0) is 9.59 Å². The summed E-state index contributed by atoms with van der Waals surface area (Å²) in [6, 6.07) is 0. The van der Waals surface area contributed by atoms with E-state index in [9.17, 15) is 9.59 Å². The summed E-state index contributed by atoms with van der Waals surface area (Å²) >= 11 is 0. The Labute approximate surface area is 87.8 Å². The Bertz CT molecular complexity index is 183. The van der Waals surface area contributed by atoms with Crippen LogP contribution in [-0.4, -0.2) is 31.1 Å². The predicted molar refractivity (Wildman–Crippen MR) is 61.3 cm³/mol. The average molecular weight is 217 g/mol. The van der Waals surface area contributed by atoms with E-state index >= 15 is 0 Å². The molecule has 1 amide bonds. The van der Waals surface area contributed by atoms with Crippen LogP contribution in [0.1, 0.15) is 32.6 Å². The number of Topliss-reactive ketones (excluding diaryl/α,β-unsaturated/α-hetero) is 1. The second kappa shape index (κ2) is 9.14. The van der Waals surface area contributed by atoms with Crippen molar-refractivity contribution in [2.45, 2.75) is 32.6 Å². The van der Waals surface area contributed by atoms with Crippen LogP contribution >= 0.6 is 8.58 Å². The summed E-state index contributed by atoms with van der Waals surface area (Å²) in [6.45, 7) is 4.39. The van der Waals surface area contributed by atoms with Gasteiger partial charge in [0, 0.05) is 19.1 Å². The van der Waals surface area contributed by atoms with Gasteiger partial charge in [-0.2, -0.15) is 0 Å². The molecule has 0 aliphatic rings. The van der Waals surface area contributed by atoms with Gasteiger partial charge in [0.2, 0.25) is 5.91 Å². The lowest BCUT2D eigenvalue weighted by Gasteiger charge is -2.03. The smallest absolute Gasteiger partial charge is 0.224 e. The maximum Gasteiger partial charge on any atom is 0.224 e. The SMILES string of the molecule is CPCC(=O)NCCCCCC(C)=O. The molecule has 0 aliphatic carbocycles. The van der Waals surface area contributed by atoms with Gasteiger partial charge in [0.15, 0.2) is 0 Å². The van der Waals surface area contributed by atoms with Crippen molar-refractivity contribution in [1.82, 2.24) is 5.32 Å². The van der Waals surface area contributed by atoms with Crippen molar-refractivity contribution in [3.05, 3.63) is 0 Å². The molecule has 0 aliphatic heterocycles. The Kier molecular flexibility index (Phi) is 8.86. The molecule has 0 aromatic carbocycles. The first kappa shape index (κ1) is 13.6. The summed E-state index contributed by atoms with van der Waals surface area (Å²) in [5.41, 5.74) is 0. The van der Waals surface area contributed by atoms with Crippen molar-refractivity contribution in [2.24, 2.45) is 0 Å². The monoisotopic (exact) mass is 217 g/mol. The van der Waals surface area contributed by atoms with Crippen molar-refractivity contribution in [2.75, 3.05) is 19.4 Å². The molecule has 0 aromatic heterocycles. The number of carbonyl (C=O) groups is 2. The van der Waals surface area contributed by atoms with Gasteiger partial charge in [-0.05, 0) is 26.4 Å². The standard InChI is InChI=1S/C10H20NO2P/c1-9(12)6-4-3-5-7-11-10(13)8-14-2/h14H,3-8H2,1-2H3,(H,11,13). The number of hydrogen-bond acceptors (Lipinski definition) is 2. The van der Waals surface area contributed by atoms with E-state index < -0.39 is 0 Å². The Balaban J connectivity index is 3.13. The van der Waals surface area contributed by atoms with E-state index in [1.807, 2.05) is 6.66 Å². The zero-order chi connectivity index (χ0) is 10.8. The van der Waals surface area contributed by atoms with E-state index in [0.29, 0.717) is 21.2 Å². The first-order valence-corrected chi connectivity index (χ1v) is 6.78. The molecule has 1 unspecified atom stereocenters. The van der Waals surface area contributed by atoms with Crippen molar-refractivity contribution < 1.29 is 9.59 Å². The number of rotatable bonds is 8. The molecular weight excluding hydrogens is 197 g/mol. The third kappa shape index (κ3) is 9.66. The molecule has 1 atom stereocenters. The molecule has 0 spiro atoms. The molecule has 0 saturated heterocycles. The molecule has 0 fully saturated rings. The third-order valence-corrected chi connectivity index (χ3v) is 2.54. The lowest BCUT2D eigenvalue weighted by Crippen LogP contribution is -2.25. The van der Waals surface area contributed by atoms with Gasteiger partial charge < -0.3 is 10.1 Å². The lowest BCUT2D eigenvalue weighted by atomic mass is 10.1. The van der Waals surface area contributed by atoms with Crippen LogP contribution in [0.2, 0.25) is 0 Å².